The van der Waals surface area contributed by atoms with Crippen LogP contribution < -0.4 is 25.3 Å². The van der Waals surface area contributed by atoms with E-state index < -0.39 is 0 Å². The van der Waals surface area contributed by atoms with Gasteiger partial charge in [0, 0.05) is 18.2 Å². The molecule has 0 spiro atoms. The van der Waals surface area contributed by atoms with Crippen LogP contribution in [-0.4, -0.2) is 37.8 Å². The average molecular weight is 380 g/mol. The predicted molar refractivity (Wildman–Crippen MR) is 110 cm³/mol. The molecule has 0 fully saturated rings. The SMILES string of the molecule is COc1cccc(-c2cc(NCCc3ccc(OC)c(OC)c3)nc(N)n2)c1. The van der Waals surface area contributed by atoms with Crippen molar-refractivity contribution in [3.8, 4) is 28.5 Å². The van der Waals surface area contributed by atoms with E-state index in [0.29, 0.717) is 23.9 Å². The van der Waals surface area contributed by atoms with Gasteiger partial charge in [-0.2, -0.15) is 4.98 Å². The smallest absolute Gasteiger partial charge is 0.222 e. The predicted octanol–water partition coefficient (Wildman–Crippen LogP) is 3.41. The van der Waals surface area contributed by atoms with Crippen LogP contribution in [-0.2, 0) is 6.42 Å². The second-order valence-corrected chi connectivity index (χ2v) is 6.09. The minimum absolute atomic E-state index is 0.217. The fourth-order valence-corrected chi connectivity index (χ4v) is 2.86. The van der Waals surface area contributed by atoms with Crippen LogP contribution in [0.2, 0.25) is 0 Å². The lowest BCUT2D eigenvalue weighted by atomic mass is 10.1. The first-order valence-electron chi connectivity index (χ1n) is 8.86. The largest absolute Gasteiger partial charge is 0.497 e. The molecule has 0 aliphatic heterocycles. The number of aromatic nitrogens is 2. The van der Waals surface area contributed by atoms with Gasteiger partial charge in [-0.05, 0) is 36.2 Å². The first-order valence-corrected chi connectivity index (χ1v) is 8.86. The lowest BCUT2D eigenvalue weighted by molar-refractivity contribution is 0.354. The normalized spacial score (nSPS) is 10.4. The molecule has 28 heavy (non-hydrogen) atoms. The molecular formula is C21H24N4O3. The first kappa shape index (κ1) is 19.3. The Kier molecular flexibility index (Phi) is 6.16. The molecule has 7 heteroatoms. The number of nitrogens with two attached hydrogens (primary N) is 1. The second kappa shape index (κ2) is 8.94. The van der Waals surface area contributed by atoms with Crippen molar-refractivity contribution >= 4 is 11.8 Å². The molecule has 0 atom stereocenters. The second-order valence-electron chi connectivity index (χ2n) is 6.09. The van der Waals surface area contributed by atoms with Crippen molar-refractivity contribution in [2.45, 2.75) is 6.42 Å². The third kappa shape index (κ3) is 4.62. The van der Waals surface area contributed by atoms with E-state index in [2.05, 4.69) is 15.3 Å². The van der Waals surface area contributed by atoms with Crippen molar-refractivity contribution in [3.05, 3.63) is 54.1 Å². The fourth-order valence-electron chi connectivity index (χ4n) is 2.86. The van der Waals surface area contributed by atoms with Crippen LogP contribution in [0.3, 0.4) is 0 Å². The van der Waals surface area contributed by atoms with Crippen LogP contribution in [0.1, 0.15) is 5.56 Å². The molecule has 3 rings (SSSR count). The summed E-state index contributed by atoms with van der Waals surface area (Å²) in [6.45, 7) is 0.684. The number of hydrogen-bond donors (Lipinski definition) is 2. The van der Waals surface area contributed by atoms with Gasteiger partial charge in [0.2, 0.25) is 5.95 Å². The Labute approximate surface area is 164 Å². The monoisotopic (exact) mass is 380 g/mol. The summed E-state index contributed by atoms with van der Waals surface area (Å²) < 4.78 is 15.9. The molecule has 0 aliphatic carbocycles. The van der Waals surface area contributed by atoms with Gasteiger partial charge in [0.15, 0.2) is 11.5 Å². The third-order valence-corrected chi connectivity index (χ3v) is 4.28. The molecule has 0 aliphatic rings. The van der Waals surface area contributed by atoms with Gasteiger partial charge in [0.25, 0.3) is 0 Å². The molecule has 0 saturated carbocycles. The zero-order valence-corrected chi connectivity index (χ0v) is 16.2. The minimum Gasteiger partial charge on any atom is -0.497 e. The summed E-state index contributed by atoms with van der Waals surface area (Å²) >= 11 is 0. The van der Waals surface area contributed by atoms with Crippen molar-refractivity contribution in [1.29, 1.82) is 0 Å². The van der Waals surface area contributed by atoms with Gasteiger partial charge in [-0.1, -0.05) is 18.2 Å². The maximum Gasteiger partial charge on any atom is 0.222 e. The Morgan fingerprint density at radius 2 is 1.71 bits per heavy atom. The number of anilines is 2. The van der Waals surface area contributed by atoms with Gasteiger partial charge in [-0.3, -0.25) is 0 Å². The standard InChI is InChI=1S/C21H24N4O3/c1-26-16-6-4-5-15(12-16)17-13-20(25-21(22)24-17)23-10-9-14-7-8-18(27-2)19(11-14)28-3/h4-8,11-13H,9-10H2,1-3H3,(H3,22,23,24,25). The van der Waals surface area contributed by atoms with Crippen molar-refractivity contribution < 1.29 is 14.2 Å². The molecule has 3 N–H and O–H groups in total. The van der Waals surface area contributed by atoms with Gasteiger partial charge in [0.1, 0.15) is 11.6 Å². The van der Waals surface area contributed by atoms with Gasteiger partial charge in [-0.25, -0.2) is 4.98 Å². The van der Waals surface area contributed by atoms with Crippen molar-refractivity contribution in [3.63, 3.8) is 0 Å². The quantitative estimate of drug-likeness (QED) is 0.619. The van der Waals surface area contributed by atoms with Crippen LogP contribution in [0, 0.1) is 0 Å². The van der Waals surface area contributed by atoms with Gasteiger partial charge in [-0.15, -0.1) is 0 Å². The van der Waals surface area contributed by atoms with Crippen LogP contribution >= 0.6 is 0 Å². The highest BCUT2D eigenvalue weighted by molar-refractivity contribution is 5.65. The maximum absolute atomic E-state index is 5.90. The lowest BCUT2D eigenvalue weighted by Crippen LogP contribution is -2.08. The van der Waals surface area contributed by atoms with E-state index in [-0.39, 0.29) is 5.95 Å². The highest BCUT2D eigenvalue weighted by Crippen LogP contribution is 2.28. The summed E-state index contributed by atoms with van der Waals surface area (Å²) in [5.74, 6) is 3.08. The van der Waals surface area contributed by atoms with Crippen molar-refractivity contribution in [2.75, 3.05) is 38.9 Å². The van der Waals surface area contributed by atoms with Crippen molar-refractivity contribution in [2.24, 2.45) is 0 Å². The molecule has 1 aromatic heterocycles. The van der Waals surface area contributed by atoms with Gasteiger partial charge >= 0.3 is 0 Å². The summed E-state index contributed by atoms with van der Waals surface area (Å²) in [6.07, 6.45) is 0.790. The summed E-state index contributed by atoms with van der Waals surface area (Å²) in [6, 6.07) is 15.4. The van der Waals surface area contributed by atoms with Gasteiger partial charge < -0.3 is 25.3 Å². The summed E-state index contributed by atoms with van der Waals surface area (Å²) in [4.78, 5) is 8.60. The fraction of sp³-hybridized carbons (Fsp3) is 0.238. The van der Waals surface area contributed by atoms with E-state index in [0.717, 1.165) is 29.0 Å². The topological polar surface area (TPSA) is 91.5 Å². The number of rotatable bonds is 8. The van der Waals surface area contributed by atoms with Crippen LogP contribution in [0.25, 0.3) is 11.3 Å². The number of methoxy groups -OCH3 is 3. The highest BCUT2D eigenvalue weighted by atomic mass is 16.5. The molecule has 146 valence electrons. The Morgan fingerprint density at radius 3 is 2.46 bits per heavy atom. The van der Waals surface area contributed by atoms with E-state index in [4.69, 9.17) is 19.9 Å². The number of hydrogen-bond acceptors (Lipinski definition) is 7. The Morgan fingerprint density at radius 1 is 0.893 bits per heavy atom. The van der Waals surface area contributed by atoms with E-state index >= 15 is 0 Å². The molecule has 0 bridgehead atoms. The number of nitrogens with zero attached hydrogens (tertiary/aromatic N) is 2. The summed E-state index contributed by atoms with van der Waals surface area (Å²) in [5, 5.41) is 3.30. The molecule has 1 heterocycles. The Balaban J connectivity index is 1.70. The van der Waals surface area contributed by atoms with Crippen molar-refractivity contribution in [1.82, 2.24) is 9.97 Å². The summed E-state index contributed by atoms with van der Waals surface area (Å²) in [5.41, 5.74) is 8.67. The molecule has 0 radical (unpaired) electrons. The Hall–Kier alpha value is -3.48. The minimum atomic E-state index is 0.217. The lowest BCUT2D eigenvalue weighted by Gasteiger charge is -2.11. The van der Waals surface area contributed by atoms with E-state index in [1.54, 1.807) is 21.3 Å². The number of ether oxygens (including phenoxy) is 3. The molecule has 3 aromatic rings. The first-order chi connectivity index (χ1) is 13.6. The maximum atomic E-state index is 5.90. The van der Waals surface area contributed by atoms with E-state index in [9.17, 15) is 0 Å². The highest BCUT2D eigenvalue weighted by Gasteiger charge is 2.07. The number of benzene rings is 2. The summed E-state index contributed by atoms with van der Waals surface area (Å²) in [7, 11) is 4.89. The van der Waals surface area contributed by atoms with E-state index in [1.165, 1.54) is 0 Å². The number of nitrogens with one attached hydrogen (secondary N) is 1. The average Bonchev–Trinajstić information content (AvgIpc) is 2.73. The molecule has 0 unspecified atom stereocenters. The van der Waals surface area contributed by atoms with E-state index in [1.807, 2.05) is 48.5 Å². The molecule has 7 nitrogen and oxygen atoms in total. The van der Waals surface area contributed by atoms with Crippen LogP contribution in [0.15, 0.2) is 48.5 Å². The third-order valence-electron chi connectivity index (χ3n) is 4.28. The molecular weight excluding hydrogens is 356 g/mol. The number of nitrogen functional groups attached to an aromatic ring is 1. The zero-order valence-electron chi connectivity index (χ0n) is 16.2. The van der Waals surface area contributed by atoms with Crippen LogP contribution in [0.4, 0.5) is 11.8 Å². The zero-order chi connectivity index (χ0) is 19.9. The van der Waals surface area contributed by atoms with Crippen LogP contribution in [0.5, 0.6) is 17.2 Å². The molecule has 0 saturated heterocycles. The molecule has 0 amide bonds. The Bertz CT molecular complexity index is 947. The van der Waals surface area contributed by atoms with Gasteiger partial charge in [0.05, 0.1) is 27.0 Å². The molecule has 2 aromatic carbocycles.